The first-order chi connectivity index (χ1) is 14.8. The van der Waals surface area contributed by atoms with E-state index in [1.165, 1.54) is 40.3 Å². The van der Waals surface area contributed by atoms with Crippen molar-refractivity contribution in [3.05, 3.63) is 53.6 Å². The van der Waals surface area contributed by atoms with Crippen molar-refractivity contribution in [2.24, 2.45) is 0 Å². The van der Waals surface area contributed by atoms with Crippen LogP contribution in [0.2, 0.25) is 0 Å². The number of nitrogens with zero attached hydrogens (tertiary/aromatic N) is 1. The van der Waals surface area contributed by atoms with Crippen molar-refractivity contribution >= 4 is 45.2 Å². The Kier molecular flexibility index (Phi) is 5.99. The molecule has 3 amide bonds. The molecule has 0 radical (unpaired) electrons. The molecule has 31 heavy (non-hydrogen) atoms. The van der Waals surface area contributed by atoms with Gasteiger partial charge in [0.1, 0.15) is 0 Å². The number of fused-ring (bicyclic) bond motifs is 1. The molecule has 4 rings (SSSR count). The quantitative estimate of drug-likeness (QED) is 0.595. The maximum atomic E-state index is 12.6. The van der Waals surface area contributed by atoms with Gasteiger partial charge in [-0.1, -0.05) is 0 Å². The van der Waals surface area contributed by atoms with E-state index in [2.05, 4.69) is 16.2 Å². The van der Waals surface area contributed by atoms with Crippen LogP contribution in [0.3, 0.4) is 0 Å². The number of sulfonamides is 1. The van der Waals surface area contributed by atoms with Gasteiger partial charge in [0.25, 0.3) is 11.8 Å². The van der Waals surface area contributed by atoms with Crippen LogP contribution in [0.5, 0.6) is 0 Å². The minimum absolute atomic E-state index is 0.129. The maximum absolute atomic E-state index is 12.6. The number of hydrazine groups is 1. The third kappa shape index (κ3) is 4.58. The molecule has 162 valence electrons. The molecule has 2 aliphatic rings. The van der Waals surface area contributed by atoms with Crippen molar-refractivity contribution < 1.29 is 22.8 Å². The molecule has 0 saturated carbocycles. The van der Waals surface area contributed by atoms with Crippen LogP contribution in [-0.2, 0) is 14.8 Å². The lowest BCUT2D eigenvalue weighted by atomic mass is 10.2. The van der Waals surface area contributed by atoms with Gasteiger partial charge in [-0.25, -0.2) is 8.42 Å². The molecule has 0 spiro atoms. The van der Waals surface area contributed by atoms with E-state index in [4.69, 9.17) is 0 Å². The zero-order chi connectivity index (χ0) is 22.0. The van der Waals surface area contributed by atoms with Gasteiger partial charge in [-0.15, -0.1) is 11.8 Å². The monoisotopic (exact) mass is 460 g/mol. The minimum Gasteiger partial charge on any atom is -0.324 e. The fourth-order valence-corrected chi connectivity index (χ4v) is 5.64. The van der Waals surface area contributed by atoms with E-state index in [9.17, 15) is 22.8 Å². The van der Waals surface area contributed by atoms with E-state index in [0.717, 1.165) is 17.7 Å². The summed E-state index contributed by atoms with van der Waals surface area (Å²) in [4.78, 5) is 37.2. The van der Waals surface area contributed by atoms with Gasteiger partial charge in [0.15, 0.2) is 0 Å². The first kappa shape index (κ1) is 21.3. The first-order valence-electron chi connectivity index (χ1n) is 9.62. The van der Waals surface area contributed by atoms with E-state index in [-0.39, 0.29) is 21.9 Å². The lowest BCUT2D eigenvalue weighted by molar-refractivity contribution is -0.113. The van der Waals surface area contributed by atoms with Gasteiger partial charge < -0.3 is 5.32 Å². The Morgan fingerprint density at radius 1 is 0.935 bits per heavy atom. The third-order valence-corrected chi connectivity index (χ3v) is 7.97. The lowest BCUT2D eigenvalue weighted by Crippen LogP contribution is -2.41. The number of hydrogen-bond donors (Lipinski definition) is 3. The van der Waals surface area contributed by atoms with Crippen molar-refractivity contribution in [3.8, 4) is 0 Å². The second kappa shape index (κ2) is 8.69. The number of rotatable bonds is 4. The zero-order valence-electron chi connectivity index (χ0n) is 16.4. The molecule has 1 saturated heterocycles. The smallest absolute Gasteiger partial charge is 0.269 e. The molecule has 0 aromatic heterocycles. The summed E-state index contributed by atoms with van der Waals surface area (Å²) >= 11 is 1.38. The van der Waals surface area contributed by atoms with Gasteiger partial charge in [0, 0.05) is 29.1 Å². The van der Waals surface area contributed by atoms with Crippen LogP contribution in [0.25, 0.3) is 0 Å². The standard InChI is InChI=1S/C20H20N4O5S2/c25-18-12-30-17-8-5-14(11-16(17)21-18)20(27)23-22-19(26)13-3-6-15(7-4-13)31(28,29)24-9-1-2-10-24/h3-8,11H,1-2,9-10,12H2,(H,21,25)(H,22,26)(H,23,27). The largest absolute Gasteiger partial charge is 0.324 e. The maximum Gasteiger partial charge on any atom is 0.269 e. The first-order valence-corrected chi connectivity index (χ1v) is 12.0. The molecule has 0 aliphatic carbocycles. The van der Waals surface area contributed by atoms with Crippen molar-refractivity contribution in [1.29, 1.82) is 0 Å². The molecule has 11 heteroatoms. The van der Waals surface area contributed by atoms with Crippen LogP contribution >= 0.6 is 11.8 Å². The molecule has 3 N–H and O–H groups in total. The molecule has 1 fully saturated rings. The molecule has 2 aromatic rings. The Morgan fingerprint density at radius 3 is 2.23 bits per heavy atom. The highest BCUT2D eigenvalue weighted by atomic mass is 32.2. The topological polar surface area (TPSA) is 125 Å². The van der Waals surface area contributed by atoms with Crippen molar-refractivity contribution in [1.82, 2.24) is 15.2 Å². The molecule has 2 heterocycles. The Bertz CT molecular complexity index is 1140. The second-order valence-electron chi connectivity index (χ2n) is 7.09. The number of amides is 3. The summed E-state index contributed by atoms with van der Waals surface area (Å²) in [7, 11) is -3.55. The third-order valence-electron chi connectivity index (χ3n) is 4.98. The number of thioether (sulfide) groups is 1. The molecule has 0 atom stereocenters. The number of nitrogens with one attached hydrogen (secondary N) is 3. The van der Waals surface area contributed by atoms with Crippen LogP contribution in [0.1, 0.15) is 33.6 Å². The number of carbonyl (C=O) groups is 3. The van der Waals surface area contributed by atoms with Gasteiger partial charge >= 0.3 is 0 Å². The number of carbonyl (C=O) groups excluding carboxylic acids is 3. The van der Waals surface area contributed by atoms with E-state index < -0.39 is 21.8 Å². The highest BCUT2D eigenvalue weighted by Crippen LogP contribution is 2.31. The van der Waals surface area contributed by atoms with Gasteiger partial charge in [0.2, 0.25) is 15.9 Å². The second-order valence-corrected chi connectivity index (χ2v) is 10.0. The molecule has 0 unspecified atom stereocenters. The van der Waals surface area contributed by atoms with Crippen LogP contribution in [0.15, 0.2) is 52.3 Å². The van der Waals surface area contributed by atoms with Crippen LogP contribution < -0.4 is 16.2 Å². The summed E-state index contributed by atoms with van der Waals surface area (Å²) in [5, 5.41) is 2.70. The average molecular weight is 461 g/mol. The summed E-state index contributed by atoms with van der Waals surface area (Å²) in [6.45, 7) is 1.00. The Hall–Kier alpha value is -2.89. The normalized spacial score (nSPS) is 16.3. The summed E-state index contributed by atoms with van der Waals surface area (Å²) in [5.41, 5.74) is 5.66. The Labute approximate surface area is 183 Å². The van der Waals surface area contributed by atoms with Crippen molar-refractivity contribution in [2.45, 2.75) is 22.6 Å². The summed E-state index contributed by atoms with van der Waals surface area (Å²) in [5.74, 6) is -0.944. The Morgan fingerprint density at radius 2 is 1.55 bits per heavy atom. The van der Waals surface area contributed by atoms with E-state index in [0.29, 0.717) is 24.5 Å². The molecule has 9 nitrogen and oxygen atoms in total. The number of hydrogen-bond acceptors (Lipinski definition) is 6. The highest BCUT2D eigenvalue weighted by Gasteiger charge is 2.27. The predicted molar refractivity (Wildman–Crippen MR) is 115 cm³/mol. The van der Waals surface area contributed by atoms with Gasteiger partial charge in [-0.05, 0) is 55.3 Å². The SMILES string of the molecule is O=C1CSc2ccc(C(=O)NNC(=O)c3ccc(S(=O)(=O)N4CCCC4)cc3)cc2N1. The van der Waals surface area contributed by atoms with E-state index >= 15 is 0 Å². The summed E-state index contributed by atoms with van der Waals surface area (Å²) in [6.07, 6.45) is 1.68. The predicted octanol–water partition coefficient (Wildman–Crippen LogP) is 1.59. The van der Waals surface area contributed by atoms with E-state index in [1.807, 2.05) is 0 Å². The Balaban J connectivity index is 1.38. The molecular weight excluding hydrogens is 440 g/mol. The minimum atomic E-state index is -3.55. The lowest BCUT2D eigenvalue weighted by Gasteiger charge is -2.17. The van der Waals surface area contributed by atoms with E-state index in [1.54, 1.807) is 18.2 Å². The fourth-order valence-electron chi connectivity index (χ4n) is 3.34. The molecule has 2 aromatic carbocycles. The zero-order valence-corrected chi connectivity index (χ0v) is 18.0. The van der Waals surface area contributed by atoms with Crippen molar-refractivity contribution in [3.63, 3.8) is 0 Å². The molecule has 2 aliphatic heterocycles. The van der Waals surface area contributed by atoms with Gasteiger partial charge in [0.05, 0.1) is 16.3 Å². The average Bonchev–Trinajstić information content (AvgIpc) is 3.32. The summed E-state index contributed by atoms with van der Waals surface area (Å²) in [6, 6.07) is 10.4. The van der Waals surface area contributed by atoms with Gasteiger partial charge in [-0.2, -0.15) is 4.31 Å². The van der Waals surface area contributed by atoms with Crippen LogP contribution in [0, 0.1) is 0 Å². The molecular formula is C20H20N4O5S2. The summed E-state index contributed by atoms with van der Waals surface area (Å²) < 4.78 is 26.5. The van der Waals surface area contributed by atoms with Crippen molar-refractivity contribution in [2.75, 3.05) is 24.2 Å². The number of anilines is 1. The van der Waals surface area contributed by atoms with Crippen LogP contribution in [-0.4, -0.2) is 49.3 Å². The number of benzene rings is 2. The fraction of sp³-hybridized carbons (Fsp3) is 0.250. The van der Waals surface area contributed by atoms with Gasteiger partial charge in [-0.3, -0.25) is 25.2 Å². The highest BCUT2D eigenvalue weighted by molar-refractivity contribution is 8.00. The molecule has 0 bridgehead atoms. The van der Waals surface area contributed by atoms with Crippen LogP contribution in [0.4, 0.5) is 5.69 Å².